The van der Waals surface area contributed by atoms with Gasteiger partial charge in [-0.3, -0.25) is 9.69 Å². The maximum Gasteiger partial charge on any atom is 0.306 e. The molecule has 2 heterocycles. The number of hydrogen-bond acceptors (Lipinski definition) is 4. The zero-order valence-corrected chi connectivity index (χ0v) is 27.7. The predicted octanol–water partition coefficient (Wildman–Crippen LogP) is 3.18. The standard InChI is InChI=1S/C34H59N2O3.BrH/c1-5-31(38)39-32-29(36(4)19-11-6-7-12-20-36)22-27-25-14-13-24-21-30(37)28(35-17-9-8-10-18-35)23-34(24,3)26(25)15-16-33(27,32)2;/h24-30,32,37H,5-23H2,1-4H3;1H/q+1;/p-1/t24-,25+,26-,27-,28-,29-,30-,32-,33-,34-;/m0./s1. The summed E-state index contributed by atoms with van der Waals surface area (Å²) in [6, 6.07) is 0.807. The molecule has 0 bridgehead atoms. The Kier molecular flexibility index (Phi) is 9.44. The van der Waals surface area contributed by atoms with Gasteiger partial charge in [0.15, 0.2) is 6.10 Å². The van der Waals surface area contributed by atoms with Crippen molar-refractivity contribution in [2.75, 3.05) is 33.2 Å². The predicted molar refractivity (Wildman–Crippen MR) is 156 cm³/mol. The normalized spacial score (nSPS) is 47.1. The Balaban J connectivity index is 0.00000323. The third-order valence-electron chi connectivity index (χ3n) is 13.9. The molecule has 0 spiro atoms. The minimum atomic E-state index is -0.146. The number of carbonyl (C=O) groups is 1. The summed E-state index contributed by atoms with van der Waals surface area (Å²) in [5.74, 6) is 2.84. The second-order valence-corrected chi connectivity index (χ2v) is 15.8. The highest BCUT2D eigenvalue weighted by Crippen LogP contribution is 2.67. The fraction of sp³-hybridized carbons (Fsp3) is 0.971. The number of piperidine rings is 1. The van der Waals surface area contributed by atoms with Crippen LogP contribution in [0.15, 0.2) is 0 Å². The number of quaternary nitrogens is 1. The summed E-state index contributed by atoms with van der Waals surface area (Å²) in [5, 5.41) is 11.3. The Morgan fingerprint density at radius 1 is 0.925 bits per heavy atom. The van der Waals surface area contributed by atoms with Crippen molar-refractivity contribution < 1.29 is 36.1 Å². The maximum atomic E-state index is 12.9. The van der Waals surface area contributed by atoms with Crippen molar-refractivity contribution >= 4 is 5.97 Å². The second kappa shape index (κ2) is 12.1. The number of nitrogens with zero attached hydrogens (tertiary/aromatic N) is 2. The van der Waals surface area contributed by atoms with Gasteiger partial charge in [-0.15, -0.1) is 0 Å². The van der Waals surface area contributed by atoms with E-state index in [4.69, 9.17) is 4.74 Å². The van der Waals surface area contributed by atoms with Crippen LogP contribution in [0.4, 0.5) is 0 Å². The number of fused-ring (bicyclic) bond motifs is 5. The molecule has 2 saturated heterocycles. The third-order valence-corrected chi connectivity index (χ3v) is 13.9. The summed E-state index contributed by atoms with van der Waals surface area (Å²) in [6.07, 6.45) is 18.2. The topological polar surface area (TPSA) is 49.8 Å². The van der Waals surface area contributed by atoms with E-state index in [-0.39, 0.29) is 40.6 Å². The lowest BCUT2D eigenvalue weighted by atomic mass is 9.44. The van der Waals surface area contributed by atoms with Crippen LogP contribution in [0.3, 0.4) is 0 Å². The van der Waals surface area contributed by atoms with E-state index in [1.54, 1.807) is 0 Å². The quantitative estimate of drug-likeness (QED) is 0.387. The number of likely N-dealkylation sites (tertiary alicyclic amines) is 2. The van der Waals surface area contributed by atoms with Crippen LogP contribution in [0.25, 0.3) is 0 Å². The highest BCUT2D eigenvalue weighted by molar-refractivity contribution is 5.69. The largest absolute Gasteiger partial charge is 1.00 e. The van der Waals surface area contributed by atoms with Crippen molar-refractivity contribution in [2.45, 2.75) is 141 Å². The maximum absolute atomic E-state index is 12.9. The first-order valence-corrected chi connectivity index (χ1v) is 17.2. The number of aliphatic hydroxyl groups is 1. The van der Waals surface area contributed by atoms with Gasteiger partial charge in [-0.1, -0.05) is 27.2 Å². The molecule has 5 nitrogen and oxygen atoms in total. The number of hydrogen-bond donors (Lipinski definition) is 1. The number of carbonyl (C=O) groups excluding carboxylic acids is 1. The summed E-state index contributed by atoms with van der Waals surface area (Å²) < 4.78 is 7.65. The van der Waals surface area contributed by atoms with Gasteiger partial charge in [0.1, 0.15) is 6.04 Å². The molecule has 6 rings (SSSR count). The average Bonchev–Trinajstić information content (AvgIpc) is 3.06. The van der Waals surface area contributed by atoms with E-state index >= 15 is 0 Å². The highest BCUT2D eigenvalue weighted by atomic mass is 79.9. The minimum absolute atomic E-state index is 0. The van der Waals surface area contributed by atoms with E-state index in [9.17, 15) is 9.90 Å². The number of esters is 1. The molecule has 40 heavy (non-hydrogen) atoms. The third kappa shape index (κ3) is 5.25. The number of ether oxygens (including phenoxy) is 1. The van der Waals surface area contributed by atoms with Crippen LogP contribution in [-0.2, 0) is 9.53 Å². The first-order chi connectivity index (χ1) is 18.7. The summed E-state index contributed by atoms with van der Waals surface area (Å²) in [4.78, 5) is 15.5. The van der Waals surface area contributed by atoms with Gasteiger partial charge in [-0.05, 0) is 119 Å². The number of rotatable bonds is 4. The molecule has 1 N–H and O–H groups in total. The second-order valence-electron chi connectivity index (χ2n) is 15.8. The Morgan fingerprint density at radius 2 is 1.60 bits per heavy atom. The molecular formula is C34H59BrN2O3. The van der Waals surface area contributed by atoms with Crippen molar-refractivity contribution in [3.05, 3.63) is 0 Å². The lowest BCUT2D eigenvalue weighted by Gasteiger charge is -2.62. The fourth-order valence-corrected chi connectivity index (χ4v) is 11.6. The number of likely N-dealkylation sites (N-methyl/N-ethyl adjacent to an activating group) is 1. The van der Waals surface area contributed by atoms with Gasteiger partial charge in [0.2, 0.25) is 0 Å². The molecule has 6 fully saturated rings. The van der Waals surface area contributed by atoms with E-state index in [1.807, 2.05) is 6.92 Å². The van der Waals surface area contributed by atoms with Crippen LogP contribution in [0.1, 0.15) is 117 Å². The van der Waals surface area contributed by atoms with Crippen molar-refractivity contribution in [3.63, 3.8) is 0 Å². The molecule has 4 saturated carbocycles. The summed E-state index contributed by atoms with van der Waals surface area (Å²) in [5.41, 5.74) is 0.439. The van der Waals surface area contributed by atoms with Crippen molar-refractivity contribution in [3.8, 4) is 0 Å². The summed E-state index contributed by atoms with van der Waals surface area (Å²) in [6.45, 7) is 12.0. The van der Waals surface area contributed by atoms with Gasteiger partial charge in [0.25, 0.3) is 0 Å². The molecular weight excluding hydrogens is 564 g/mol. The van der Waals surface area contributed by atoms with Gasteiger partial charge in [0.05, 0.1) is 26.2 Å². The molecule has 0 aromatic carbocycles. The molecule has 4 aliphatic carbocycles. The van der Waals surface area contributed by atoms with Crippen molar-refractivity contribution in [1.82, 2.24) is 4.90 Å². The highest BCUT2D eigenvalue weighted by Gasteiger charge is 2.67. The van der Waals surface area contributed by atoms with Crippen molar-refractivity contribution in [2.24, 2.45) is 34.5 Å². The lowest BCUT2D eigenvalue weighted by Crippen LogP contribution is -3.00. The smallest absolute Gasteiger partial charge is 0.306 e. The average molecular weight is 624 g/mol. The van der Waals surface area contributed by atoms with Gasteiger partial charge in [0, 0.05) is 24.3 Å². The van der Waals surface area contributed by atoms with Crippen LogP contribution in [0.5, 0.6) is 0 Å². The van der Waals surface area contributed by atoms with E-state index in [0.717, 1.165) is 22.7 Å². The van der Waals surface area contributed by atoms with Crippen LogP contribution >= 0.6 is 0 Å². The van der Waals surface area contributed by atoms with Gasteiger partial charge in [-0.25, -0.2) is 0 Å². The fourth-order valence-electron chi connectivity index (χ4n) is 11.6. The summed E-state index contributed by atoms with van der Waals surface area (Å²) >= 11 is 0. The molecule has 0 radical (unpaired) electrons. The molecule has 0 aromatic heterocycles. The van der Waals surface area contributed by atoms with Crippen LogP contribution < -0.4 is 17.0 Å². The Labute approximate surface area is 255 Å². The van der Waals surface area contributed by atoms with E-state index in [2.05, 4.69) is 25.8 Å². The monoisotopic (exact) mass is 622 g/mol. The van der Waals surface area contributed by atoms with Crippen LogP contribution in [0.2, 0.25) is 0 Å². The van der Waals surface area contributed by atoms with E-state index in [1.165, 1.54) is 110 Å². The van der Waals surface area contributed by atoms with Gasteiger partial charge >= 0.3 is 5.97 Å². The van der Waals surface area contributed by atoms with Gasteiger partial charge in [-0.2, -0.15) is 0 Å². The number of halogens is 1. The molecule has 2 aliphatic heterocycles. The molecule has 0 unspecified atom stereocenters. The Morgan fingerprint density at radius 3 is 2.27 bits per heavy atom. The Hall–Kier alpha value is -0.170. The first-order valence-electron chi connectivity index (χ1n) is 17.2. The summed E-state index contributed by atoms with van der Waals surface area (Å²) in [7, 11) is 2.50. The molecule has 10 atom stereocenters. The molecule has 6 heteroatoms. The van der Waals surface area contributed by atoms with Crippen LogP contribution in [0, 0.1) is 34.5 Å². The zero-order valence-electron chi connectivity index (χ0n) is 26.1. The zero-order chi connectivity index (χ0) is 27.4. The molecule has 0 aromatic rings. The van der Waals surface area contributed by atoms with Crippen molar-refractivity contribution in [1.29, 1.82) is 0 Å². The van der Waals surface area contributed by atoms with E-state index < -0.39 is 0 Å². The van der Waals surface area contributed by atoms with Gasteiger partial charge < -0.3 is 31.3 Å². The van der Waals surface area contributed by atoms with Crippen LogP contribution in [-0.4, -0.2) is 78.0 Å². The minimum Gasteiger partial charge on any atom is -1.00 e. The molecule has 0 amide bonds. The Bertz CT molecular complexity index is 886. The molecule has 230 valence electrons. The lowest BCUT2D eigenvalue weighted by molar-refractivity contribution is -0.935. The molecule has 6 aliphatic rings. The SMILES string of the molecule is CCC(=O)O[C@H]1[C@@H]([N+]2(C)CCCCCC2)C[C@H]2[C@@H]3CC[C@H]4C[C@H](O)[C@@H](N5CCCCC5)C[C@]4(C)[C@H]3CC[C@@]21C.[Br-]. The number of aliphatic hydroxyl groups excluding tert-OH is 1. The first kappa shape index (κ1) is 31.3. The van der Waals surface area contributed by atoms with E-state index in [0.29, 0.717) is 35.8 Å².